The van der Waals surface area contributed by atoms with E-state index in [2.05, 4.69) is 15.1 Å². The molecule has 0 aromatic heterocycles. The molecule has 1 aromatic carbocycles. The largest absolute Gasteiger partial charge is 0.478 e. The molecule has 0 radical (unpaired) electrons. The highest BCUT2D eigenvalue weighted by Crippen LogP contribution is 2.19. The Labute approximate surface area is 142 Å². The number of rotatable bonds is 6. The smallest absolute Gasteiger partial charge is 0.335 e. The monoisotopic (exact) mass is 331 g/mol. The van der Waals surface area contributed by atoms with Crippen molar-refractivity contribution in [2.24, 2.45) is 0 Å². The van der Waals surface area contributed by atoms with Gasteiger partial charge in [0.2, 0.25) is 5.91 Å². The Morgan fingerprint density at radius 2 is 1.96 bits per heavy atom. The lowest BCUT2D eigenvalue weighted by Crippen LogP contribution is -2.53. The van der Waals surface area contributed by atoms with E-state index < -0.39 is 5.97 Å². The van der Waals surface area contributed by atoms with Crippen LogP contribution >= 0.6 is 0 Å². The van der Waals surface area contributed by atoms with E-state index in [1.54, 1.807) is 18.2 Å². The molecule has 1 unspecified atom stereocenters. The van der Waals surface area contributed by atoms with Gasteiger partial charge in [0, 0.05) is 38.8 Å². The van der Waals surface area contributed by atoms with E-state index in [-0.39, 0.29) is 11.9 Å². The lowest BCUT2D eigenvalue weighted by atomic mass is 10.1. The maximum atomic E-state index is 12.1. The van der Waals surface area contributed by atoms with E-state index in [4.69, 9.17) is 5.11 Å². The second kappa shape index (κ2) is 7.32. The third kappa shape index (κ3) is 4.33. The van der Waals surface area contributed by atoms with Gasteiger partial charge in [-0.25, -0.2) is 4.79 Å². The fourth-order valence-electron chi connectivity index (χ4n) is 3.08. The van der Waals surface area contributed by atoms with Gasteiger partial charge in [-0.2, -0.15) is 0 Å². The van der Waals surface area contributed by atoms with Crippen LogP contribution in [0.15, 0.2) is 24.3 Å². The number of piperazine rings is 1. The van der Waals surface area contributed by atoms with Crippen LogP contribution in [0.4, 0.5) is 0 Å². The standard InChI is InChI=1S/C18H25N3O3/c1-13(17(22)19-16-5-6-16)21-9-7-20(8-10-21)12-14-3-2-4-15(11-14)18(23)24/h2-4,11,13,16H,5-10,12H2,1H3,(H,19,22)(H,23,24). The highest BCUT2D eigenvalue weighted by molar-refractivity contribution is 5.87. The summed E-state index contributed by atoms with van der Waals surface area (Å²) in [6.45, 7) is 6.22. The summed E-state index contributed by atoms with van der Waals surface area (Å²) in [6, 6.07) is 7.43. The molecule has 130 valence electrons. The molecule has 2 N–H and O–H groups in total. The van der Waals surface area contributed by atoms with Crippen molar-refractivity contribution >= 4 is 11.9 Å². The minimum absolute atomic E-state index is 0.0805. The summed E-state index contributed by atoms with van der Waals surface area (Å²) in [7, 11) is 0. The minimum Gasteiger partial charge on any atom is -0.478 e. The topological polar surface area (TPSA) is 72.9 Å². The van der Waals surface area contributed by atoms with Crippen molar-refractivity contribution in [1.82, 2.24) is 15.1 Å². The fraction of sp³-hybridized carbons (Fsp3) is 0.556. The van der Waals surface area contributed by atoms with Crippen molar-refractivity contribution in [3.8, 4) is 0 Å². The number of carboxylic acid groups (broad SMARTS) is 1. The molecule has 1 amide bonds. The number of nitrogens with zero attached hydrogens (tertiary/aromatic N) is 2. The zero-order valence-electron chi connectivity index (χ0n) is 14.1. The van der Waals surface area contributed by atoms with E-state index in [0.29, 0.717) is 11.6 Å². The zero-order valence-corrected chi connectivity index (χ0v) is 14.1. The summed E-state index contributed by atoms with van der Waals surface area (Å²) in [5.74, 6) is -0.753. The molecule has 1 aromatic rings. The summed E-state index contributed by atoms with van der Waals surface area (Å²) in [5.41, 5.74) is 1.35. The summed E-state index contributed by atoms with van der Waals surface area (Å²) in [6.07, 6.45) is 2.23. The average Bonchev–Trinajstić information content (AvgIpc) is 3.39. The van der Waals surface area contributed by atoms with Crippen LogP contribution in [0, 0.1) is 0 Å². The van der Waals surface area contributed by atoms with Gasteiger partial charge in [-0.15, -0.1) is 0 Å². The van der Waals surface area contributed by atoms with E-state index in [1.807, 2.05) is 13.0 Å². The Hall–Kier alpha value is -1.92. The van der Waals surface area contributed by atoms with Crippen molar-refractivity contribution in [3.63, 3.8) is 0 Å². The number of carboxylic acids is 1. The van der Waals surface area contributed by atoms with Gasteiger partial charge in [0.15, 0.2) is 0 Å². The molecule has 6 heteroatoms. The Kier molecular flexibility index (Phi) is 5.16. The summed E-state index contributed by atoms with van der Waals surface area (Å²) in [5, 5.41) is 12.1. The van der Waals surface area contributed by atoms with Gasteiger partial charge >= 0.3 is 5.97 Å². The number of carbonyl (C=O) groups is 2. The van der Waals surface area contributed by atoms with Crippen molar-refractivity contribution < 1.29 is 14.7 Å². The first-order chi connectivity index (χ1) is 11.5. The Bertz CT molecular complexity index is 607. The summed E-state index contributed by atoms with van der Waals surface area (Å²) in [4.78, 5) is 27.7. The summed E-state index contributed by atoms with van der Waals surface area (Å²) >= 11 is 0. The molecule has 24 heavy (non-hydrogen) atoms. The van der Waals surface area contributed by atoms with Crippen LogP contribution in [0.3, 0.4) is 0 Å². The third-order valence-electron chi connectivity index (χ3n) is 4.84. The van der Waals surface area contributed by atoms with Crippen LogP contribution in [0.1, 0.15) is 35.7 Å². The quantitative estimate of drug-likeness (QED) is 0.819. The molecule has 0 bridgehead atoms. The number of benzene rings is 1. The van der Waals surface area contributed by atoms with Crippen molar-refractivity contribution in [1.29, 1.82) is 0 Å². The highest BCUT2D eigenvalue weighted by Gasteiger charge is 2.29. The Morgan fingerprint density at radius 1 is 1.25 bits per heavy atom. The second-order valence-corrected chi connectivity index (χ2v) is 6.78. The molecular formula is C18H25N3O3. The van der Waals surface area contributed by atoms with Crippen LogP contribution in [0.2, 0.25) is 0 Å². The van der Waals surface area contributed by atoms with Gasteiger partial charge in [-0.3, -0.25) is 14.6 Å². The number of aromatic carboxylic acids is 1. The first-order valence-corrected chi connectivity index (χ1v) is 8.62. The zero-order chi connectivity index (χ0) is 17.1. The van der Waals surface area contributed by atoms with Gasteiger partial charge in [-0.1, -0.05) is 12.1 Å². The average molecular weight is 331 g/mol. The van der Waals surface area contributed by atoms with Crippen molar-refractivity contribution in [2.45, 2.75) is 38.4 Å². The van der Waals surface area contributed by atoms with E-state index in [1.165, 1.54) is 0 Å². The Morgan fingerprint density at radius 3 is 2.58 bits per heavy atom. The lowest BCUT2D eigenvalue weighted by molar-refractivity contribution is -0.126. The highest BCUT2D eigenvalue weighted by atomic mass is 16.4. The number of nitrogens with one attached hydrogen (secondary N) is 1. The number of carbonyl (C=O) groups excluding carboxylic acids is 1. The molecule has 2 aliphatic rings. The SMILES string of the molecule is CC(C(=O)NC1CC1)N1CCN(Cc2cccc(C(=O)O)c2)CC1. The molecule has 3 rings (SSSR count). The Balaban J connectivity index is 1.48. The van der Waals surface area contributed by atoms with Crippen LogP contribution < -0.4 is 5.32 Å². The number of hydrogen-bond acceptors (Lipinski definition) is 4. The number of amides is 1. The van der Waals surface area contributed by atoms with E-state index >= 15 is 0 Å². The maximum absolute atomic E-state index is 12.1. The lowest BCUT2D eigenvalue weighted by Gasteiger charge is -2.37. The molecule has 1 aliphatic heterocycles. The van der Waals surface area contributed by atoms with Gasteiger partial charge in [0.05, 0.1) is 11.6 Å². The summed E-state index contributed by atoms with van der Waals surface area (Å²) < 4.78 is 0. The molecule has 2 fully saturated rings. The molecule has 1 saturated carbocycles. The van der Waals surface area contributed by atoms with Gasteiger partial charge in [0.1, 0.15) is 0 Å². The molecule has 1 aliphatic carbocycles. The third-order valence-corrected chi connectivity index (χ3v) is 4.84. The molecule has 1 atom stereocenters. The maximum Gasteiger partial charge on any atom is 0.335 e. The van der Waals surface area contributed by atoms with Crippen LogP contribution in [0.5, 0.6) is 0 Å². The predicted molar refractivity (Wildman–Crippen MR) is 90.9 cm³/mol. The van der Waals surface area contributed by atoms with Crippen molar-refractivity contribution in [3.05, 3.63) is 35.4 Å². The van der Waals surface area contributed by atoms with Gasteiger partial charge in [-0.05, 0) is 37.5 Å². The van der Waals surface area contributed by atoms with Crippen molar-refractivity contribution in [2.75, 3.05) is 26.2 Å². The number of hydrogen-bond donors (Lipinski definition) is 2. The van der Waals surface area contributed by atoms with E-state index in [9.17, 15) is 9.59 Å². The van der Waals surface area contributed by atoms with Gasteiger partial charge in [0.25, 0.3) is 0 Å². The predicted octanol–water partition coefficient (Wildman–Crippen LogP) is 1.17. The molecular weight excluding hydrogens is 306 g/mol. The minimum atomic E-state index is -0.892. The first-order valence-electron chi connectivity index (χ1n) is 8.62. The van der Waals surface area contributed by atoms with Crippen LogP contribution in [-0.4, -0.2) is 65.0 Å². The van der Waals surface area contributed by atoms with Crippen LogP contribution in [-0.2, 0) is 11.3 Å². The van der Waals surface area contributed by atoms with E-state index in [0.717, 1.165) is 51.1 Å². The second-order valence-electron chi connectivity index (χ2n) is 6.78. The van der Waals surface area contributed by atoms with Crippen LogP contribution in [0.25, 0.3) is 0 Å². The normalized spacial score (nSPS) is 20.5. The molecule has 1 saturated heterocycles. The molecule has 1 heterocycles. The fourth-order valence-corrected chi connectivity index (χ4v) is 3.08. The van der Waals surface area contributed by atoms with Gasteiger partial charge < -0.3 is 10.4 Å². The molecule has 6 nitrogen and oxygen atoms in total. The molecule has 0 spiro atoms. The first kappa shape index (κ1) is 16.9.